The Hall–Kier alpha value is -1.07. The van der Waals surface area contributed by atoms with Crippen LogP contribution in [0.5, 0.6) is 5.75 Å². The van der Waals surface area contributed by atoms with Gasteiger partial charge in [0.15, 0.2) is 5.75 Å². The van der Waals surface area contributed by atoms with Crippen LogP contribution in [0, 0.1) is 0 Å². The maximum Gasteiger partial charge on any atom is 0.242 e. The zero-order valence-corrected chi connectivity index (χ0v) is 17.0. The van der Waals surface area contributed by atoms with Crippen molar-refractivity contribution < 1.29 is 13.3 Å². The van der Waals surface area contributed by atoms with E-state index >= 15 is 0 Å². The Morgan fingerprint density at radius 2 is 1.58 bits per heavy atom. The van der Waals surface area contributed by atoms with E-state index in [2.05, 4.69) is 58.6 Å². The van der Waals surface area contributed by atoms with Crippen LogP contribution >= 0.6 is 0 Å². The van der Waals surface area contributed by atoms with Gasteiger partial charge in [-0.15, -0.1) is 0 Å². The quantitative estimate of drug-likeness (QED) is 0.654. The Morgan fingerprint density at radius 1 is 1.00 bits per heavy atom. The third-order valence-electron chi connectivity index (χ3n) is 5.01. The summed E-state index contributed by atoms with van der Waals surface area (Å²) < 4.78 is 23.9. The second-order valence-electron chi connectivity index (χ2n) is 7.69. The van der Waals surface area contributed by atoms with Crippen molar-refractivity contribution in [2.75, 3.05) is 5.75 Å². The predicted octanol–water partition coefficient (Wildman–Crippen LogP) is 4.69. The maximum absolute atomic E-state index is 11.9. The van der Waals surface area contributed by atoms with Crippen molar-refractivity contribution in [3.8, 4) is 5.75 Å². The normalized spacial score (nSPS) is 13.1. The molecule has 0 saturated heterocycles. The second-order valence-corrected chi connectivity index (χ2v) is 9.49. The highest BCUT2D eigenvalue weighted by Gasteiger charge is 2.26. The van der Waals surface area contributed by atoms with Crippen LogP contribution in [0.15, 0.2) is 18.2 Å². The van der Waals surface area contributed by atoms with Gasteiger partial charge in [0, 0.05) is 5.56 Å². The van der Waals surface area contributed by atoms with E-state index in [1.54, 1.807) is 0 Å². The van der Waals surface area contributed by atoms with Crippen LogP contribution in [0.25, 0.3) is 0 Å². The van der Waals surface area contributed by atoms with Crippen LogP contribution in [0.2, 0.25) is 0 Å². The molecule has 0 radical (unpaired) electrons. The topological polar surface area (TPSA) is 55.4 Å². The Morgan fingerprint density at radius 3 is 2.08 bits per heavy atom. The molecule has 0 unspecified atom stereocenters. The van der Waals surface area contributed by atoms with Gasteiger partial charge in [0.05, 0.1) is 5.75 Å². The second kappa shape index (κ2) is 7.87. The molecule has 0 aliphatic heterocycles. The Labute approximate surface area is 148 Å². The Kier molecular flexibility index (Phi) is 6.88. The maximum atomic E-state index is 11.9. The van der Waals surface area contributed by atoms with Crippen molar-refractivity contribution in [3.05, 3.63) is 29.3 Å². The smallest absolute Gasteiger partial charge is 0.242 e. The highest BCUT2D eigenvalue weighted by Crippen LogP contribution is 2.38. The molecule has 5 heteroatoms. The average Bonchev–Trinajstić information content (AvgIpc) is 2.52. The van der Waals surface area contributed by atoms with E-state index in [0.29, 0.717) is 12.2 Å². The van der Waals surface area contributed by atoms with Crippen LogP contribution in [0.1, 0.15) is 78.9 Å². The molecule has 4 nitrogen and oxygen atoms in total. The van der Waals surface area contributed by atoms with Crippen molar-refractivity contribution in [1.82, 2.24) is 4.89 Å². The summed E-state index contributed by atoms with van der Waals surface area (Å²) in [5, 5.41) is 0. The lowest BCUT2D eigenvalue weighted by Crippen LogP contribution is -2.31. The van der Waals surface area contributed by atoms with Gasteiger partial charge >= 0.3 is 0 Å². The third kappa shape index (κ3) is 5.21. The lowest BCUT2D eigenvalue weighted by Gasteiger charge is -2.29. The molecule has 0 aromatic heterocycles. The molecule has 1 N–H and O–H groups in total. The van der Waals surface area contributed by atoms with Gasteiger partial charge in [-0.3, -0.25) is 0 Å². The average molecular weight is 356 g/mol. The summed E-state index contributed by atoms with van der Waals surface area (Å²) in [5.41, 5.74) is 2.07. The number of hydrogen-bond acceptors (Lipinski definition) is 3. The van der Waals surface area contributed by atoms with E-state index in [1.807, 2.05) is 13.0 Å². The number of sulfonamides is 1. The Balaban J connectivity index is 3.28. The molecule has 0 aliphatic rings. The van der Waals surface area contributed by atoms with Crippen LogP contribution in [0.4, 0.5) is 0 Å². The molecule has 24 heavy (non-hydrogen) atoms. The summed E-state index contributed by atoms with van der Waals surface area (Å²) in [6.07, 6.45) is 2.47. The number of hydrogen-bond donors (Lipinski definition) is 1. The van der Waals surface area contributed by atoms with Crippen molar-refractivity contribution >= 4 is 10.0 Å². The van der Waals surface area contributed by atoms with Gasteiger partial charge in [0.1, 0.15) is 0 Å². The van der Waals surface area contributed by atoms with Crippen LogP contribution in [-0.4, -0.2) is 14.2 Å². The van der Waals surface area contributed by atoms with E-state index in [4.69, 9.17) is 4.84 Å². The van der Waals surface area contributed by atoms with E-state index in [0.717, 1.165) is 24.0 Å². The predicted molar refractivity (Wildman–Crippen MR) is 101 cm³/mol. The lowest BCUT2D eigenvalue weighted by molar-refractivity contribution is 0.259. The summed E-state index contributed by atoms with van der Waals surface area (Å²) >= 11 is 0. The van der Waals surface area contributed by atoms with Crippen molar-refractivity contribution in [1.29, 1.82) is 0 Å². The molecule has 0 saturated carbocycles. The highest BCUT2D eigenvalue weighted by molar-refractivity contribution is 7.89. The van der Waals surface area contributed by atoms with Crippen molar-refractivity contribution in [3.63, 3.8) is 0 Å². The van der Waals surface area contributed by atoms with Gasteiger partial charge < -0.3 is 4.84 Å². The number of benzene rings is 1. The molecule has 0 bridgehead atoms. The van der Waals surface area contributed by atoms with E-state index in [9.17, 15) is 8.42 Å². The van der Waals surface area contributed by atoms with Crippen LogP contribution in [-0.2, 0) is 20.9 Å². The van der Waals surface area contributed by atoms with E-state index in [1.165, 1.54) is 0 Å². The molecule has 0 aliphatic carbocycles. The summed E-state index contributed by atoms with van der Waals surface area (Å²) in [7, 11) is -3.42. The fraction of sp³-hybridized carbons (Fsp3) is 0.684. The molecule has 0 heterocycles. The fourth-order valence-corrected chi connectivity index (χ4v) is 3.24. The molecule has 0 amide bonds. The standard InChI is InChI=1S/C19H33NO3S/c1-8-13-24(21,22)20-23-17-14-15(18(4,5)9-2)11-12-16(17)19(6,7)10-3/h11-12,14,20H,8-10,13H2,1-7H3. The minimum absolute atomic E-state index is 0.00922. The van der Waals surface area contributed by atoms with E-state index < -0.39 is 10.0 Å². The third-order valence-corrected chi connectivity index (χ3v) is 6.29. The summed E-state index contributed by atoms with van der Waals surface area (Å²) in [4.78, 5) is 7.87. The SMILES string of the molecule is CCCS(=O)(=O)NOc1cc(C(C)(C)CC)ccc1C(C)(C)CC. The molecular weight excluding hydrogens is 322 g/mol. The van der Waals surface area contributed by atoms with Gasteiger partial charge in [-0.2, -0.15) is 0 Å². The summed E-state index contributed by atoms with van der Waals surface area (Å²) in [6.45, 7) is 14.7. The van der Waals surface area contributed by atoms with Gasteiger partial charge in [0.25, 0.3) is 0 Å². The van der Waals surface area contributed by atoms with Gasteiger partial charge in [-0.25, -0.2) is 8.42 Å². The number of rotatable bonds is 9. The largest absolute Gasteiger partial charge is 0.394 e. The highest BCUT2D eigenvalue weighted by atomic mass is 32.2. The molecule has 0 atom stereocenters. The summed E-state index contributed by atoms with van der Waals surface area (Å²) in [5.74, 6) is 0.653. The monoisotopic (exact) mass is 355 g/mol. The lowest BCUT2D eigenvalue weighted by atomic mass is 9.77. The first-order valence-electron chi connectivity index (χ1n) is 8.80. The minimum atomic E-state index is -3.42. The van der Waals surface area contributed by atoms with Crippen LogP contribution < -0.4 is 9.72 Å². The Bertz CT molecular complexity index is 649. The molecule has 0 fully saturated rings. The first-order valence-corrected chi connectivity index (χ1v) is 10.5. The van der Waals surface area contributed by atoms with E-state index in [-0.39, 0.29) is 16.6 Å². The van der Waals surface area contributed by atoms with Gasteiger partial charge in [0.2, 0.25) is 10.0 Å². The fourth-order valence-electron chi connectivity index (χ4n) is 2.40. The van der Waals surface area contributed by atoms with Crippen molar-refractivity contribution in [2.45, 2.75) is 78.6 Å². The van der Waals surface area contributed by atoms with Gasteiger partial charge in [-0.1, -0.05) is 60.6 Å². The molecule has 1 aromatic carbocycles. The van der Waals surface area contributed by atoms with Crippen LogP contribution in [0.3, 0.4) is 0 Å². The molecule has 1 rings (SSSR count). The summed E-state index contributed by atoms with van der Waals surface area (Å²) in [6, 6.07) is 6.17. The zero-order valence-electron chi connectivity index (χ0n) is 16.2. The molecule has 0 spiro atoms. The first kappa shape index (κ1) is 21.0. The first-order chi connectivity index (χ1) is 11.0. The van der Waals surface area contributed by atoms with Gasteiger partial charge in [-0.05, 0) is 46.6 Å². The van der Waals surface area contributed by atoms with Crippen molar-refractivity contribution in [2.24, 2.45) is 0 Å². The molecule has 1 aromatic rings. The zero-order chi connectivity index (χ0) is 18.6. The minimum Gasteiger partial charge on any atom is -0.394 e. The molecular formula is C19H33NO3S. The number of nitrogens with one attached hydrogen (secondary N) is 1. The molecule has 138 valence electrons.